The number of hydrogen-bond donors (Lipinski definition) is 1. The number of nitrogens with one attached hydrogen (secondary N) is 1. The van der Waals surface area contributed by atoms with Crippen molar-refractivity contribution < 1.29 is 9.77 Å². The third-order valence-electron chi connectivity index (χ3n) is 2.40. The van der Waals surface area contributed by atoms with E-state index in [1.807, 2.05) is 0 Å². The van der Waals surface area contributed by atoms with E-state index >= 15 is 0 Å². The molecule has 2 fully saturated rings. The van der Waals surface area contributed by atoms with E-state index in [0.29, 0.717) is 12.5 Å². The van der Waals surface area contributed by atoms with E-state index in [2.05, 4.69) is 5.43 Å². The van der Waals surface area contributed by atoms with E-state index in [9.17, 15) is 10.1 Å². The molecular weight excluding hydrogens is 162 g/mol. The molecule has 12 heavy (non-hydrogen) atoms. The first-order valence-electron chi connectivity index (χ1n) is 4.03. The van der Waals surface area contributed by atoms with Crippen LogP contribution in [0.15, 0.2) is 0 Å². The molecule has 68 valence electrons. The molecule has 0 spiro atoms. The van der Waals surface area contributed by atoms with Crippen LogP contribution in [0.4, 0.5) is 0 Å². The first-order chi connectivity index (χ1) is 5.77. The van der Waals surface area contributed by atoms with Crippen molar-refractivity contribution in [3.05, 3.63) is 10.1 Å². The van der Waals surface area contributed by atoms with E-state index in [1.54, 1.807) is 0 Å². The van der Waals surface area contributed by atoms with Gasteiger partial charge in [0.2, 0.25) is 0 Å². The molecule has 2 aliphatic rings. The Bertz CT molecular complexity index is 194. The molecular formula is C6H11N3O3. The Morgan fingerprint density at radius 3 is 2.75 bits per heavy atom. The van der Waals surface area contributed by atoms with Crippen LogP contribution in [0, 0.1) is 16.0 Å². The van der Waals surface area contributed by atoms with Crippen LogP contribution in [-0.2, 0) is 4.74 Å². The van der Waals surface area contributed by atoms with Gasteiger partial charge in [0.25, 0.3) is 0 Å². The summed E-state index contributed by atoms with van der Waals surface area (Å²) < 4.78 is 5.01. The summed E-state index contributed by atoms with van der Waals surface area (Å²) in [5, 5.41) is 11.0. The van der Waals surface area contributed by atoms with Gasteiger partial charge >= 0.3 is 0 Å². The highest BCUT2D eigenvalue weighted by atomic mass is 16.7. The van der Waals surface area contributed by atoms with Gasteiger partial charge in [-0.05, 0) is 6.42 Å². The fourth-order valence-corrected chi connectivity index (χ4v) is 1.54. The molecule has 0 radical (unpaired) electrons. The van der Waals surface area contributed by atoms with Crippen LogP contribution in [0.2, 0.25) is 0 Å². The van der Waals surface area contributed by atoms with E-state index < -0.39 is 5.03 Å². The van der Waals surface area contributed by atoms with Crippen molar-refractivity contribution in [3.63, 3.8) is 0 Å². The lowest BCUT2D eigenvalue weighted by Gasteiger charge is -2.30. The Kier molecular flexibility index (Phi) is 1.86. The summed E-state index contributed by atoms with van der Waals surface area (Å²) in [5.74, 6) is 0.468. The molecule has 1 atom stereocenters. The number of nitro groups is 1. The SMILES string of the molecule is O=[N+]([O-])N1CCC(C2COC2)N1. The first-order valence-corrected chi connectivity index (χ1v) is 4.03. The van der Waals surface area contributed by atoms with E-state index in [4.69, 9.17) is 4.74 Å². The Morgan fingerprint density at radius 1 is 1.58 bits per heavy atom. The van der Waals surface area contributed by atoms with Gasteiger partial charge in [0.1, 0.15) is 0 Å². The topological polar surface area (TPSA) is 67.6 Å². The molecule has 2 rings (SSSR count). The first kappa shape index (κ1) is 7.75. The number of hydrazine groups is 2. The zero-order valence-electron chi connectivity index (χ0n) is 6.60. The smallest absolute Gasteiger partial charge is 0.176 e. The second-order valence-corrected chi connectivity index (χ2v) is 3.18. The third-order valence-corrected chi connectivity index (χ3v) is 2.40. The highest BCUT2D eigenvalue weighted by Gasteiger charge is 2.36. The van der Waals surface area contributed by atoms with Gasteiger partial charge in [0, 0.05) is 12.0 Å². The molecule has 2 saturated heterocycles. The molecule has 0 amide bonds. The van der Waals surface area contributed by atoms with Crippen LogP contribution in [0.25, 0.3) is 0 Å². The molecule has 2 aliphatic heterocycles. The normalized spacial score (nSPS) is 30.3. The van der Waals surface area contributed by atoms with E-state index in [1.165, 1.54) is 0 Å². The van der Waals surface area contributed by atoms with Gasteiger partial charge in [-0.1, -0.05) is 5.12 Å². The van der Waals surface area contributed by atoms with Crippen molar-refractivity contribution in [1.82, 2.24) is 10.5 Å². The van der Waals surface area contributed by atoms with E-state index in [0.717, 1.165) is 24.8 Å². The number of nitrogens with zero attached hydrogens (tertiary/aromatic N) is 2. The lowest BCUT2D eigenvalue weighted by atomic mass is 9.97. The zero-order valence-corrected chi connectivity index (χ0v) is 6.60. The van der Waals surface area contributed by atoms with Gasteiger partial charge in [-0.2, -0.15) is 5.43 Å². The quantitative estimate of drug-likeness (QED) is 0.446. The summed E-state index contributed by atoms with van der Waals surface area (Å²) in [7, 11) is 0. The molecule has 6 heteroatoms. The largest absolute Gasteiger partial charge is 0.381 e. The van der Waals surface area contributed by atoms with Crippen molar-refractivity contribution in [2.45, 2.75) is 12.5 Å². The van der Waals surface area contributed by atoms with Gasteiger partial charge in [-0.15, -0.1) is 0 Å². The summed E-state index contributed by atoms with van der Waals surface area (Å²) >= 11 is 0. The highest BCUT2D eigenvalue weighted by molar-refractivity contribution is 4.83. The van der Waals surface area contributed by atoms with Crippen LogP contribution in [0.5, 0.6) is 0 Å². The fourth-order valence-electron chi connectivity index (χ4n) is 1.54. The van der Waals surface area contributed by atoms with Crippen LogP contribution in [0.3, 0.4) is 0 Å². The Hall–Kier alpha value is -0.880. The minimum absolute atomic E-state index is 0.240. The standard InChI is InChI=1S/C6H11N3O3/c10-9(11)8-2-1-6(7-8)5-3-12-4-5/h5-7H,1-4H2. The second kappa shape index (κ2) is 2.87. The molecule has 0 aromatic rings. The number of rotatable bonds is 2. The lowest BCUT2D eigenvalue weighted by Crippen LogP contribution is -2.47. The van der Waals surface area contributed by atoms with Crippen LogP contribution >= 0.6 is 0 Å². The predicted octanol–water partition coefficient (Wildman–Crippen LogP) is -0.597. The average molecular weight is 173 g/mol. The van der Waals surface area contributed by atoms with Crippen LogP contribution < -0.4 is 5.43 Å². The molecule has 0 aromatic carbocycles. The maximum atomic E-state index is 10.3. The molecule has 1 N–H and O–H groups in total. The number of hydrogen-bond acceptors (Lipinski definition) is 4. The Labute approximate surface area is 69.6 Å². The maximum Gasteiger partial charge on any atom is 0.176 e. The van der Waals surface area contributed by atoms with E-state index in [-0.39, 0.29) is 6.04 Å². The molecule has 0 saturated carbocycles. The fraction of sp³-hybridized carbons (Fsp3) is 1.00. The lowest BCUT2D eigenvalue weighted by molar-refractivity contribution is -0.665. The van der Waals surface area contributed by atoms with Gasteiger partial charge in [-0.25, -0.2) is 10.1 Å². The summed E-state index contributed by atoms with van der Waals surface area (Å²) in [5.41, 5.74) is 2.85. The molecule has 1 unspecified atom stereocenters. The summed E-state index contributed by atoms with van der Waals surface area (Å²) in [6.45, 7) is 1.97. The van der Waals surface area contributed by atoms with Crippen molar-refractivity contribution in [2.75, 3.05) is 19.8 Å². The van der Waals surface area contributed by atoms with Crippen molar-refractivity contribution in [2.24, 2.45) is 5.92 Å². The van der Waals surface area contributed by atoms with Gasteiger partial charge in [0.05, 0.1) is 19.8 Å². The average Bonchev–Trinajstić information content (AvgIpc) is 2.32. The molecule has 0 aromatic heterocycles. The number of ether oxygens (including phenoxy) is 1. The minimum Gasteiger partial charge on any atom is -0.381 e. The minimum atomic E-state index is -0.403. The highest BCUT2D eigenvalue weighted by Crippen LogP contribution is 2.21. The Morgan fingerprint density at radius 2 is 2.33 bits per heavy atom. The van der Waals surface area contributed by atoms with Crippen molar-refractivity contribution >= 4 is 0 Å². The molecule has 6 nitrogen and oxygen atoms in total. The van der Waals surface area contributed by atoms with Crippen LogP contribution in [0.1, 0.15) is 6.42 Å². The Balaban J connectivity index is 1.84. The van der Waals surface area contributed by atoms with Crippen molar-refractivity contribution in [1.29, 1.82) is 0 Å². The van der Waals surface area contributed by atoms with Crippen molar-refractivity contribution in [3.8, 4) is 0 Å². The monoisotopic (exact) mass is 173 g/mol. The molecule has 0 bridgehead atoms. The second-order valence-electron chi connectivity index (χ2n) is 3.18. The summed E-state index contributed by atoms with van der Waals surface area (Å²) in [6.07, 6.45) is 0.842. The molecule has 0 aliphatic carbocycles. The van der Waals surface area contributed by atoms with Crippen LogP contribution in [-0.4, -0.2) is 36.0 Å². The summed E-state index contributed by atoms with van der Waals surface area (Å²) in [4.78, 5) is 10.3. The zero-order chi connectivity index (χ0) is 8.55. The third kappa shape index (κ3) is 1.23. The van der Waals surface area contributed by atoms with Gasteiger partial charge < -0.3 is 4.74 Å². The summed E-state index contributed by atoms with van der Waals surface area (Å²) in [6, 6.07) is 0.240. The maximum absolute atomic E-state index is 10.3. The molecule has 2 heterocycles. The van der Waals surface area contributed by atoms with Gasteiger partial charge in [0.15, 0.2) is 5.03 Å². The van der Waals surface area contributed by atoms with Gasteiger partial charge in [-0.3, -0.25) is 0 Å². The predicted molar refractivity (Wildman–Crippen MR) is 39.6 cm³/mol.